The largest absolute Gasteiger partial charge is 0.382 e. The molecule has 0 amide bonds. The fraction of sp³-hybridized carbons (Fsp3) is 0.296. The number of aryl methyl sites for hydroxylation is 2. The lowest BCUT2D eigenvalue weighted by molar-refractivity contribution is 0.0688. The number of rotatable bonds is 5. The summed E-state index contributed by atoms with van der Waals surface area (Å²) < 4.78 is 15.8. The molecule has 36 heavy (non-hydrogen) atoms. The molecule has 7 nitrogen and oxygen atoms in total. The van der Waals surface area contributed by atoms with Crippen LogP contribution in [0.4, 0.5) is 4.39 Å². The van der Waals surface area contributed by atoms with Crippen LogP contribution in [0.2, 0.25) is 5.02 Å². The third-order valence-corrected chi connectivity index (χ3v) is 6.92. The first kappa shape index (κ1) is 24.2. The van der Waals surface area contributed by atoms with Gasteiger partial charge in [-0.1, -0.05) is 11.6 Å². The Bertz CT molecular complexity index is 1550. The Morgan fingerprint density at radius 2 is 1.81 bits per heavy atom. The third-order valence-electron chi connectivity index (χ3n) is 6.54. The van der Waals surface area contributed by atoms with E-state index >= 15 is 0 Å². The van der Waals surface area contributed by atoms with E-state index in [0.717, 1.165) is 17.5 Å². The summed E-state index contributed by atoms with van der Waals surface area (Å²) >= 11 is 6.62. The van der Waals surface area contributed by atoms with Gasteiger partial charge in [0.25, 0.3) is 5.56 Å². The molecule has 5 rings (SSSR count). The predicted molar refractivity (Wildman–Crippen MR) is 135 cm³/mol. The van der Waals surface area contributed by atoms with Crippen LogP contribution in [0.1, 0.15) is 60.3 Å². The standard InChI is InChI=1S/C27H25ClFN5O2/c1-14-12-32-22(21-6-8-31-26(33-21)27(3,4)36)11-23(14)34-15(2)9-19(24(28)25(34)35)18-10-17(18)16-5-7-30-13-20(16)29/h5-9,11-13,17-18,36H,10H2,1-4H3/t17-,18+/m1/s1. The van der Waals surface area contributed by atoms with Crippen LogP contribution in [-0.2, 0) is 5.60 Å². The molecule has 4 aromatic rings. The van der Waals surface area contributed by atoms with Crippen molar-refractivity contribution in [3.8, 4) is 17.1 Å². The SMILES string of the molecule is Cc1cnc(-c2ccnc(C(C)(C)O)n2)cc1-n1c(C)cc([C@H]2C[C@@H]2c2ccncc2F)c(Cl)c1=O. The van der Waals surface area contributed by atoms with Crippen molar-refractivity contribution >= 4 is 11.6 Å². The molecule has 1 aliphatic carbocycles. The first-order valence-corrected chi connectivity index (χ1v) is 12.0. The lowest BCUT2D eigenvalue weighted by Crippen LogP contribution is -2.23. The average molecular weight is 506 g/mol. The van der Waals surface area contributed by atoms with Gasteiger partial charge in [-0.15, -0.1) is 0 Å². The van der Waals surface area contributed by atoms with Crippen LogP contribution in [0.15, 0.2) is 53.8 Å². The van der Waals surface area contributed by atoms with E-state index < -0.39 is 5.60 Å². The van der Waals surface area contributed by atoms with Crippen molar-refractivity contribution in [1.29, 1.82) is 0 Å². The molecule has 0 aliphatic heterocycles. The summed E-state index contributed by atoms with van der Waals surface area (Å²) in [7, 11) is 0. The summed E-state index contributed by atoms with van der Waals surface area (Å²) in [5.74, 6) is -0.124. The van der Waals surface area contributed by atoms with Gasteiger partial charge in [0.15, 0.2) is 5.82 Å². The molecular formula is C27H25ClFN5O2. The van der Waals surface area contributed by atoms with Crippen molar-refractivity contribution in [3.63, 3.8) is 0 Å². The number of pyridine rings is 3. The van der Waals surface area contributed by atoms with Crippen LogP contribution in [0.25, 0.3) is 17.1 Å². The van der Waals surface area contributed by atoms with Crippen LogP contribution in [-0.4, -0.2) is 29.6 Å². The fourth-order valence-electron chi connectivity index (χ4n) is 4.56. The summed E-state index contributed by atoms with van der Waals surface area (Å²) in [6.07, 6.45) is 6.75. The maximum atomic E-state index is 14.2. The smallest absolute Gasteiger partial charge is 0.274 e. The van der Waals surface area contributed by atoms with Gasteiger partial charge >= 0.3 is 0 Å². The zero-order chi connectivity index (χ0) is 25.8. The Balaban J connectivity index is 1.55. The van der Waals surface area contributed by atoms with Gasteiger partial charge in [-0.2, -0.15) is 0 Å². The minimum atomic E-state index is -1.21. The number of halogens is 2. The molecule has 0 radical (unpaired) electrons. The summed E-state index contributed by atoms with van der Waals surface area (Å²) in [5.41, 5.74) is 2.96. The molecule has 0 saturated heterocycles. The second kappa shape index (κ2) is 8.87. The van der Waals surface area contributed by atoms with Crippen molar-refractivity contribution in [2.45, 2.75) is 51.6 Å². The van der Waals surface area contributed by atoms with Crippen LogP contribution < -0.4 is 5.56 Å². The van der Waals surface area contributed by atoms with Crippen molar-refractivity contribution in [3.05, 3.63) is 98.5 Å². The molecular weight excluding hydrogens is 481 g/mol. The van der Waals surface area contributed by atoms with E-state index in [9.17, 15) is 14.3 Å². The van der Waals surface area contributed by atoms with Crippen LogP contribution >= 0.6 is 11.6 Å². The zero-order valence-corrected chi connectivity index (χ0v) is 21.1. The van der Waals surface area contributed by atoms with Crippen LogP contribution in [0.3, 0.4) is 0 Å². The Morgan fingerprint density at radius 1 is 1.06 bits per heavy atom. The fourth-order valence-corrected chi connectivity index (χ4v) is 4.84. The molecule has 0 spiro atoms. The zero-order valence-electron chi connectivity index (χ0n) is 20.3. The van der Waals surface area contributed by atoms with Crippen molar-refractivity contribution in [2.75, 3.05) is 0 Å². The topological polar surface area (TPSA) is 93.8 Å². The highest BCUT2D eigenvalue weighted by Crippen LogP contribution is 2.56. The van der Waals surface area contributed by atoms with Crippen molar-refractivity contribution < 1.29 is 9.50 Å². The van der Waals surface area contributed by atoms with Gasteiger partial charge in [0.2, 0.25) is 0 Å². The Hall–Kier alpha value is -3.49. The molecule has 184 valence electrons. The van der Waals surface area contributed by atoms with E-state index in [1.165, 1.54) is 6.20 Å². The molecule has 1 fully saturated rings. The van der Waals surface area contributed by atoms with Crippen molar-refractivity contribution in [2.24, 2.45) is 0 Å². The first-order valence-electron chi connectivity index (χ1n) is 11.6. The summed E-state index contributed by atoms with van der Waals surface area (Å²) in [6.45, 7) is 6.94. The maximum absolute atomic E-state index is 14.2. The highest BCUT2D eigenvalue weighted by Gasteiger charge is 2.43. The summed E-state index contributed by atoms with van der Waals surface area (Å²) in [5, 5.41) is 10.4. The second-order valence-corrected chi connectivity index (χ2v) is 10.1. The van der Waals surface area contributed by atoms with E-state index in [-0.39, 0.29) is 34.1 Å². The number of nitrogens with zero attached hydrogens (tertiary/aromatic N) is 5. The normalized spacial score (nSPS) is 17.3. The minimum absolute atomic E-state index is 0.0224. The van der Waals surface area contributed by atoms with E-state index in [2.05, 4.69) is 19.9 Å². The maximum Gasteiger partial charge on any atom is 0.274 e. The number of hydrogen-bond donors (Lipinski definition) is 1. The summed E-state index contributed by atoms with van der Waals surface area (Å²) in [4.78, 5) is 30.4. The molecule has 0 aromatic carbocycles. The molecule has 4 aromatic heterocycles. The summed E-state index contributed by atoms with van der Waals surface area (Å²) in [6, 6.07) is 7.07. The molecule has 0 unspecified atom stereocenters. The van der Waals surface area contributed by atoms with Gasteiger partial charge in [-0.3, -0.25) is 19.3 Å². The lowest BCUT2D eigenvalue weighted by atomic mass is 10.0. The van der Waals surface area contributed by atoms with Gasteiger partial charge in [0.1, 0.15) is 16.4 Å². The van der Waals surface area contributed by atoms with Gasteiger partial charge in [0, 0.05) is 24.3 Å². The minimum Gasteiger partial charge on any atom is -0.382 e. The van der Waals surface area contributed by atoms with Crippen LogP contribution in [0, 0.1) is 19.7 Å². The quantitative estimate of drug-likeness (QED) is 0.410. The van der Waals surface area contributed by atoms with E-state index in [1.54, 1.807) is 55.2 Å². The Morgan fingerprint density at radius 3 is 2.53 bits per heavy atom. The van der Waals surface area contributed by atoms with E-state index in [4.69, 9.17) is 11.6 Å². The van der Waals surface area contributed by atoms with E-state index in [1.807, 2.05) is 19.9 Å². The molecule has 4 heterocycles. The number of aromatic nitrogens is 5. The molecule has 0 bridgehead atoms. The highest BCUT2D eigenvalue weighted by molar-refractivity contribution is 6.31. The second-order valence-electron chi connectivity index (χ2n) is 9.72. The average Bonchev–Trinajstić information content (AvgIpc) is 3.63. The first-order chi connectivity index (χ1) is 17.1. The lowest BCUT2D eigenvalue weighted by Gasteiger charge is -2.17. The van der Waals surface area contributed by atoms with Gasteiger partial charge in [-0.25, -0.2) is 14.4 Å². The van der Waals surface area contributed by atoms with Crippen LogP contribution in [0.5, 0.6) is 0 Å². The Labute approximate surface area is 212 Å². The van der Waals surface area contributed by atoms with Gasteiger partial charge < -0.3 is 5.11 Å². The molecule has 9 heteroatoms. The molecule has 1 aliphatic rings. The predicted octanol–water partition coefficient (Wildman–Crippen LogP) is 4.99. The molecule has 1 N–H and O–H groups in total. The number of hydrogen-bond acceptors (Lipinski definition) is 6. The van der Waals surface area contributed by atoms with Crippen molar-refractivity contribution in [1.82, 2.24) is 24.5 Å². The van der Waals surface area contributed by atoms with Gasteiger partial charge in [-0.05, 0) is 86.9 Å². The Kier molecular flexibility index (Phi) is 5.97. The molecule has 1 saturated carbocycles. The molecule has 2 atom stereocenters. The third kappa shape index (κ3) is 4.31. The van der Waals surface area contributed by atoms with Gasteiger partial charge in [0.05, 0.1) is 23.3 Å². The monoisotopic (exact) mass is 505 g/mol. The van der Waals surface area contributed by atoms with E-state index in [0.29, 0.717) is 28.3 Å². The highest BCUT2D eigenvalue weighted by atomic mass is 35.5. The number of aliphatic hydroxyl groups is 1.